The zero-order chi connectivity index (χ0) is 11.7. The van der Waals surface area contributed by atoms with Gasteiger partial charge in [0.2, 0.25) is 5.78 Å². The molecule has 16 heavy (non-hydrogen) atoms. The maximum Gasteiger partial charge on any atom is 0.323 e. The number of aromatic amines is 2. The lowest BCUT2D eigenvalue weighted by atomic mass is 10.1. The van der Waals surface area contributed by atoms with Crippen LogP contribution in [0.25, 0.3) is 0 Å². The minimum Gasteiger partial charge on any atom is -0.312 e. The summed E-state index contributed by atoms with van der Waals surface area (Å²) in [5.74, 6) is -0.361. The summed E-state index contributed by atoms with van der Waals surface area (Å²) in [5, 5.41) is 0.698. The number of carbonyl (C=O) groups excluding carboxylic acids is 1. The van der Waals surface area contributed by atoms with E-state index in [0.717, 1.165) is 0 Å². The lowest BCUT2D eigenvalue weighted by molar-refractivity contribution is 0.103. The first kappa shape index (κ1) is 11.0. The maximum atomic E-state index is 11.9. The Morgan fingerprint density at radius 1 is 1.25 bits per heavy atom. The molecule has 0 aliphatic rings. The average Bonchev–Trinajstić information content (AvgIpc) is 2.64. The Hall–Kier alpha value is -1.52. The van der Waals surface area contributed by atoms with Gasteiger partial charge in [-0.1, -0.05) is 23.2 Å². The standard InChI is InChI=1S/C10H6Cl2N2O2/c11-5-1-2-6(7(12)3-5)9(15)8-4-13-10(16)14-8/h1-4H,(H2,13,14,16). The van der Waals surface area contributed by atoms with Gasteiger partial charge in [-0.15, -0.1) is 0 Å². The van der Waals surface area contributed by atoms with Gasteiger partial charge >= 0.3 is 5.69 Å². The molecule has 1 heterocycles. The summed E-state index contributed by atoms with van der Waals surface area (Å²) in [5.41, 5.74) is 0.0176. The van der Waals surface area contributed by atoms with Crippen molar-refractivity contribution in [2.24, 2.45) is 0 Å². The predicted molar refractivity (Wildman–Crippen MR) is 61.3 cm³/mol. The Bertz CT molecular complexity index is 601. The zero-order valence-electron chi connectivity index (χ0n) is 7.88. The van der Waals surface area contributed by atoms with Crippen LogP contribution in [0, 0.1) is 0 Å². The second kappa shape index (κ2) is 4.15. The van der Waals surface area contributed by atoms with Crippen LogP contribution in [0.3, 0.4) is 0 Å². The van der Waals surface area contributed by atoms with Gasteiger partial charge in [0.15, 0.2) is 0 Å². The number of aromatic nitrogens is 2. The van der Waals surface area contributed by atoms with Crippen molar-refractivity contribution in [3.8, 4) is 0 Å². The van der Waals surface area contributed by atoms with E-state index < -0.39 is 5.69 Å². The Balaban J connectivity index is 2.45. The monoisotopic (exact) mass is 256 g/mol. The van der Waals surface area contributed by atoms with Crippen molar-refractivity contribution in [3.63, 3.8) is 0 Å². The molecular weight excluding hydrogens is 251 g/mol. The van der Waals surface area contributed by atoms with E-state index in [0.29, 0.717) is 10.6 Å². The van der Waals surface area contributed by atoms with Crippen molar-refractivity contribution in [1.29, 1.82) is 0 Å². The van der Waals surface area contributed by atoms with Crippen molar-refractivity contribution >= 4 is 29.0 Å². The number of rotatable bonds is 2. The predicted octanol–water partition coefficient (Wildman–Crippen LogP) is 2.24. The van der Waals surface area contributed by atoms with Crippen LogP contribution in [-0.2, 0) is 0 Å². The third kappa shape index (κ3) is 2.03. The molecule has 0 saturated heterocycles. The van der Waals surface area contributed by atoms with Crippen molar-refractivity contribution < 1.29 is 4.79 Å². The second-order valence-corrected chi connectivity index (χ2v) is 3.95. The lowest BCUT2D eigenvalue weighted by Gasteiger charge is -2.01. The Labute approximate surface area is 100 Å². The molecule has 0 aliphatic carbocycles. The molecule has 0 saturated carbocycles. The second-order valence-electron chi connectivity index (χ2n) is 3.11. The molecule has 0 aliphatic heterocycles. The van der Waals surface area contributed by atoms with E-state index in [2.05, 4.69) is 9.97 Å². The highest BCUT2D eigenvalue weighted by molar-refractivity contribution is 6.37. The summed E-state index contributed by atoms with van der Waals surface area (Å²) in [4.78, 5) is 27.4. The van der Waals surface area contributed by atoms with Gasteiger partial charge in [-0.25, -0.2) is 4.79 Å². The lowest BCUT2D eigenvalue weighted by Crippen LogP contribution is -2.06. The quantitative estimate of drug-likeness (QED) is 0.810. The van der Waals surface area contributed by atoms with Crippen molar-refractivity contribution in [2.75, 3.05) is 0 Å². The number of hydrogen-bond acceptors (Lipinski definition) is 2. The molecule has 0 radical (unpaired) electrons. The van der Waals surface area contributed by atoms with Crippen LogP contribution in [0.5, 0.6) is 0 Å². The molecule has 2 N–H and O–H groups in total. The van der Waals surface area contributed by atoms with E-state index in [-0.39, 0.29) is 16.5 Å². The largest absolute Gasteiger partial charge is 0.323 e. The average molecular weight is 257 g/mol. The SMILES string of the molecule is O=C(c1c[nH]c(=O)[nH]1)c1ccc(Cl)cc1Cl. The number of benzene rings is 1. The third-order valence-corrected chi connectivity index (χ3v) is 2.56. The fraction of sp³-hybridized carbons (Fsp3) is 0. The van der Waals surface area contributed by atoms with Gasteiger partial charge in [-0.3, -0.25) is 4.79 Å². The molecule has 0 unspecified atom stereocenters. The highest BCUT2D eigenvalue weighted by Gasteiger charge is 2.14. The van der Waals surface area contributed by atoms with Crippen LogP contribution in [0.1, 0.15) is 16.1 Å². The summed E-state index contributed by atoms with van der Waals surface area (Å²) in [6.07, 6.45) is 1.30. The third-order valence-electron chi connectivity index (χ3n) is 2.02. The van der Waals surface area contributed by atoms with Gasteiger partial charge in [-0.05, 0) is 18.2 Å². The molecule has 6 heteroatoms. The molecule has 0 spiro atoms. The summed E-state index contributed by atoms with van der Waals surface area (Å²) >= 11 is 11.6. The fourth-order valence-electron chi connectivity index (χ4n) is 1.27. The van der Waals surface area contributed by atoms with Crippen molar-refractivity contribution in [1.82, 2.24) is 9.97 Å². The van der Waals surface area contributed by atoms with E-state index in [9.17, 15) is 9.59 Å². The van der Waals surface area contributed by atoms with E-state index in [1.807, 2.05) is 0 Å². The molecule has 4 nitrogen and oxygen atoms in total. The first-order chi connectivity index (χ1) is 7.58. The number of nitrogens with one attached hydrogen (secondary N) is 2. The number of halogens is 2. The molecule has 82 valence electrons. The summed E-state index contributed by atoms with van der Waals surface area (Å²) in [6, 6.07) is 4.55. The Morgan fingerprint density at radius 2 is 2.00 bits per heavy atom. The number of ketones is 1. The molecule has 2 aromatic rings. The van der Waals surface area contributed by atoms with Gasteiger partial charge in [-0.2, -0.15) is 0 Å². The molecular formula is C10H6Cl2N2O2. The van der Waals surface area contributed by atoms with Crippen LogP contribution in [0.2, 0.25) is 10.0 Å². The van der Waals surface area contributed by atoms with Crippen molar-refractivity contribution in [3.05, 3.63) is 56.2 Å². The molecule has 2 rings (SSSR count). The summed E-state index contributed by atoms with van der Waals surface area (Å²) in [6.45, 7) is 0. The molecule has 1 aromatic carbocycles. The normalized spacial score (nSPS) is 10.4. The number of carbonyl (C=O) groups is 1. The van der Waals surface area contributed by atoms with Crippen LogP contribution < -0.4 is 5.69 Å². The molecule has 0 bridgehead atoms. The zero-order valence-corrected chi connectivity index (χ0v) is 9.39. The van der Waals surface area contributed by atoms with Crippen LogP contribution >= 0.6 is 23.2 Å². The minimum atomic E-state index is -0.437. The van der Waals surface area contributed by atoms with Crippen LogP contribution in [-0.4, -0.2) is 15.8 Å². The highest BCUT2D eigenvalue weighted by atomic mass is 35.5. The number of imidazole rings is 1. The smallest absolute Gasteiger partial charge is 0.312 e. The summed E-state index contributed by atoms with van der Waals surface area (Å²) < 4.78 is 0. The van der Waals surface area contributed by atoms with Gasteiger partial charge in [0.1, 0.15) is 5.69 Å². The van der Waals surface area contributed by atoms with E-state index in [4.69, 9.17) is 23.2 Å². The van der Waals surface area contributed by atoms with Crippen LogP contribution in [0.15, 0.2) is 29.2 Å². The number of hydrogen-bond donors (Lipinski definition) is 2. The molecule has 0 fully saturated rings. The van der Waals surface area contributed by atoms with E-state index in [1.165, 1.54) is 18.3 Å². The topological polar surface area (TPSA) is 65.7 Å². The Morgan fingerprint density at radius 3 is 2.56 bits per heavy atom. The molecule has 0 amide bonds. The summed E-state index contributed by atoms with van der Waals surface area (Å²) in [7, 11) is 0. The number of H-pyrrole nitrogens is 2. The Kier molecular flexibility index (Phi) is 2.85. The fourth-order valence-corrected chi connectivity index (χ4v) is 1.77. The first-order valence-electron chi connectivity index (χ1n) is 4.35. The van der Waals surface area contributed by atoms with E-state index in [1.54, 1.807) is 6.07 Å². The maximum absolute atomic E-state index is 11.9. The molecule has 1 aromatic heterocycles. The van der Waals surface area contributed by atoms with Crippen molar-refractivity contribution in [2.45, 2.75) is 0 Å². The van der Waals surface area contributed by atoms with Gasteiger partial charge in [0, 0.05) is 16.8 Å². The van der Waals surface area contributed by atoms with Gasteiger partial charge < -0.3 is 9.97 Å². The minimum absolute atomic E-state index is 0.161. The van der Waals surface area contributed by atoms with E-state index >= 15 is 0 Å². The van der Waals surface area contributed by atoms with Gasteiger partial charge in [0.25, 0.3) is 0 Å². The molecule has 0 atom stereocenters. The van der Waals surface area contributed by atoms with Crippen LogP contribution in [0.4, 0.5) is 0 Å². The highest BCUT2D eigenvalue weighted by Crippen LogP contribution is 2.22. The first-order valence-corrected chi connectivity index (χ1v) is 5.11. The van der Waals surface area contributed by atoms with Gasteiger partial charge in [0.05, 0.1) is 5.02 Å².